The van der Waals surface area contributed by atoms with E-state index in [0.29, 0.717) is 28.5 Å². The fraction of sp³-hybridized carbons (Fsp3) is 0.306. The molecule has 0 spiro atoms. The lowest BCUT2D eigenvalue weighted by Gasteiger charge is -2.36. The molecule has 0 unspecified atom stereocenters. The summed E-state index contributed by atoms with van der Waals surface area (Å²) in [5.41, 5.74) is 0.440. The molecule has 2 aromatic carbocycles. The predicted molar refractivity (Wildman–Crippen MR) is 176 cm³/mol. The second kappa shape index (κ2) is 13.2. The first kappa shape index (κ1) is 34.9. The lowest BCUT2D eigenvalue weighted by molar-refractivity contribution is -0.138. The monoisotopic (exact) mass is 681 g/mol. The van der Waals surface area contributed by atoms with E-state index in [-0.39, 0.29) is 52.3 Å². The minimum atomic E-state index is -4.75. The molecule has 0 aliphatic heterocycles. The van der Waals surface area contributed by atoms with E-state index >= 15 is 4.39 Å². The number of hydrogen-bond donors (Lipinski definition) is 0. The maximum atomic E-state index is 15.3. The zero-order chi connectivity index (χ0) is 35.0. The maximum Gasteiger partial charge on any atom is 0.418 e. The van der Waals surface area contributed by atoms with Gasteiger partial charge in [0.1, 0.15) is 18.1 Å². The predicted octanol–water partition coefficient (Wildman–Crippen LogP) is 10.5. The van der Waals surface area contributed by atoms with Gasteiger partial charge in [-0.25, -0.2) is 18.7 Å². The van der Waals surface area contributed by atoms with Gasteiger partial charge in [0.05, 0.1) is 45.6 Å². The van der Waals surface area contributed by atoms with Gasteiger partial charge in [-0.05, 0) is 61.3 Å². The first-order valence-corrected chi connectivity index (χ1v) is 18.2. The van der Waals surface area contributed by atoms with Crippen LogP contribution in [0.3, 0.4) is 0 Å². The van der Waals surface area contributed by atoms with Gasteiger partial charge in [-0.1, -0.05) is 51.1 Å². The number of rotatable bonds is 9. The first-order valence-electron chi connectivity index (χ1n) is 15.3. The molecule has 6 nitrogen and oxygen atoms in total. The number of pyridine rings is 3. The summed E-state index contributed by atoms with van der Waals surface area (Å²) in [6.07, 6.45) is -2.56. The number of halogens is 5. The fourth-order valence-electron chi connectivity index (χ4n) is 4.91. The van der Waals surface area contributed by atoms with Gasteiger partial charge in [-0.2, -0.15) is 13.2 Å². The number of fused-ring (bicyclic) bond motifs is 1. The molecule has 3 aromatic heterocycles. The van der Waals surface area contributed by atoms with E-state index in [1.165, 1.54) is 19.1 Å². The van der Waals surface area contributed by atoms with Crippen LogP contribution in [0.4, 0.5) is 22.0 Å². The Morgan fingerprint density at radius 3 is 2.23 bits per heavy atom. The van der Waals surface area contributed by atoms with Gasteiger partial charge in [-0.3, -0.25) is 4.98 Å². The lowest BCUT2D eigenvalue weighted by atomic mass is 10.0. The normalized spacial score (nSPS) is 12.4. The van der Waals surface area contributed by atoms with E-state index < -0.39 is 31.7 Å². The Morgan fingerprint density at radius 2 is 1.56 bits per heavy atom. The second-order valence-electron chi connectivity index (χ2n) is 13.0. The minimum Gasteiger partial charge on any atom is -0.488 e. The van der Waals surface area contributed by atoms with Crippen LogP contribution in [0.1, 0.15) is 48.7 Å². The molecule has 0 aliphatic carbocycles. The SMILES string of the molecule is Cc1c(C(F)(F)F)cnc(Oc2ccc(F)c(F)c2CO[Si](C)(C)C(C)(C)C)c1-c1cc(OCc2ccccc2)c2c(C)nccc2n1. The highest BCUT2D eigenvalue weighted by Crippen LogP contribution is 2.44. The van der Waals surface area contributed by atoms with E-state index in [1.807, 2.05) is 64.2 Å². The molecular formula is C36H36F5N3O3Si. The average Bonchev–Trinajstić information content (AvgIpc) is 3.01. The first-order chi connectivity index (χ1) is 22.5. The number of benzene rings is 2. The molecule has 3 heterocycles. The quantitative estimate of drug-likeness (QED) is 0.114. The fourth-order valence-corrected chi connectivity index (χ4v) is 5.85. The summed E-state index contributed by atoms with van der Waals surface area (Å²) in [4.78, 5) is 13.1. The molecule has 0 aliphatic rings. The smallest absolute Gasteiger partial charge is 0.418 e. The maximum absolute atomic E-state index is 15.3. The summed E-state index contributed by atoms with van der Waals surface area (Å²) in [7, 11) is -2.43. The number of aryl methyl sites for hydroxylation is 1. The van der Waals surface area contributed by atoms with Gasteiger partial charge >= 0.3 is 6.18 Å². The standard InChI is InChI=1S/C36H36F5N3O3Si/c1-21-25(36(39,40)41)18-43-34(47-29-14-13-26(37)33(38)24(29)20-46-48(6,7)35(3,4)5)31(21)28-17-30(45-19-23-11-9-8-10-12-23)32-22(2)42-16-15-27(32)44-28/h8-18H,19-20H2,1-7H3. The van der Waals surface area contributed by atoms with Gasteiger partial charge in [-0.15, -0.1) is 0 Å². The van der Waals surface area contributed by atoms with Gasteiger partial charge in [0, 0.05) is 18.5 Å². The molecule has 12 heteroatoms. The molecule has 0 radical (unpaired) electrons. The van der Waals surface area contributed by atoms with Crippen LogP contribution in [0.5, 0.6) is 17.4 Å². The third-order valence-corrected chi connectivity index (χ3v) is 13.2. The van der Waals surface area contributed by atoms with E-state index in [4.69, 9.17) is 18.9 Å². The number of hydrogen-bond acceptors (Lipinski definition) is 6. The summed E-state index contributed by atoms with van der Waals surface area (Å²) in [5, 5.41) is 0.357. The Balaban J connectivity index is 1.67. The van der Waals surface area contributed by atoms with Crippen LogP contribution in [-0.2, 0) is 23.8 Å². The summed E-state index contributed by atoms with van der Waals surface area (Å²) in [6.45, 7) is 12.9. The Hall–Kier alpha value is -4.42. The average molecular weight is 682 g/mol. The van der Waals surface area contributed by atoms with Crippen molar-refractivity contribution in [2.45, 2.75) is 72.1 Å². The van der Waals surface area contributed by atoms with Crippen LogP contribution in [0.2, 0.25) is 18.1 Å². The third-order valence-electron chi connectivity index (χ3n) is 8.72. The van der Waals surface area contributed by atoms with Crippen molar-refractivity contribution in [3.05, 3.63) is 107 Å². The molecule has 0 saturated heterocycles. The summed E-state index contributed by atoms with van der Waals surface area (Å²) < 4.78 is 91.0. The van der Waals surface area contributed by atoms with Crippen molar-refractivity contribution in [2.75, 3.05) is 0 Å². The zero-order valence-electron chi connectivity index (χ0n) is 27.7. The number of nitrogens with zero attached hydrogens (tertiary/aromatic N) is 3. The van der Waals surface area contributed by atoms with Crippen LogP contribution < -0.4 is 9.47 Å². The molecule has 0 amide bonds. The highest BCUT2D eigenvalue weighted by Gasteiger charge is 2.38. The Labute approximate surface area is 277 Å². The molecule has 0 N–H and O–H groups in total. The Bertz CT molecular complexity index is 1960. The summed E-state index contributed by atoms with van der Waals surface area (Å²) >= 11 is 0. The van der Waals surface area contributed by atoms with E-state index in [9.17, 15) is 17.6 Å². The van der Waals surface area contributed by atoms with Crippen molar-refractivity contribution in [2.24, 2.45) is 0 Å². The molecule has 0 bridgehead atoms. The number of ether oxygens (including phenoxy) is 2. The molecule has 48 heavy (non-hydrogen) atoms. The van der Waals surface area contributed by atoms with Crippen LogP contribution in [0.25, 0.3) is 22.2 Å². The zero-order valence-corrected chi connectivity index (χ0v) is 28.7. The minimum absolute atomic E-state index is 0.0731. The van der Waals surface area contributed by atoms with Crippen molar-refractivity contribution in [3.8, 4) is 28.6 Å². The summed E-state index contributed by atoms with van der Waals surface area (Å²) in [5.74, 6) is -2.40. The van der Waals surface area contributed by atoms with Gasteiger partial charge < -0.3 is 13.9 Å². The highest BCUT2D eigenvalue weighted by atomic mass is 28.4. The lowest BCUT2D eigenvalue weighted by Crippen LogP contribution is -2.40. The third kappa shape index (κ3) is 7.19. The molecule has 5 aromatic rings. The van der Waals surface area contributed by atoms with Gasteiger partial charge in [0.25, 0.3) is 0 Å². The molecule has 0 saturated carbocycles. The van der Waals surface area contributed by atoms with Crippen molar-refractivity contribution in [1.82, 2.24) is 15.0 Å². The largest absolute Gasteiger partial charge is 0.488 e. The van der Waals surface area contributed by atoms with Crippen molar-refractivity contribution >= 4 is 19.2 Å². The van der Waals surface area contributed by atoms with Crippen molar-refractivity contribution in [1.29, 1.82) is 0 Å². The Kier molecular flexibility index (Phi) is 9.62. The van der Waals surface area contributed by atoms with Crippen LogP contribution in [0.15, 0.2) is 67.0 Å². The number of alkyl halides is 3. The Morgan fingerprint density at radius 1 is 0.854 bits per heavy atom. The van der Waals surface area contributed by atoms with Crippen molar-refractivity contribution in [3.63, 3.8) is 0 Å². The topological polar surface area (TPSA) is 66.4 Å². The molecule has 0 fully saturated rings. The highest BCUT2D eigenvalue weighted by molar-refractivity contribution is 6.74. The van der Waals surface area contributed by atoms with E-state index in [1.54, 1.807) is 19.2 Å². The van der Waals surface area contributed by atoms with E-state index in [0.717, 1.165) is 11.6 Å². The van der Waals surface area contributed by atoms with Gasteiger partial charge in [0.15, 0.2) is 20.0 Å². The second-order valence-corrected chi connectivity index (χ2v) is 17.8. The molecular weight excluding hydrogens is 645 g/mol. The van der Waals surface area contributed by atoms with E-state index in [2.05, 4.69) is 9.97 Å². The summed E-state index contributed by atoms with van der Waals surface area (Å²) in [6, 6.07) is 14.6. The van der Waals surface area contributed by atoms with Gasteiger partial charge in [0.2, 0.25) is 5.88 Å². The number of aromatic nitrogens is 3. The van der Waals surface area contributed by atoms with Crippen LogP contribution in [-0.4, -0.2) is 23.3 Å². The van der Waals surface area contributed by atoms with Crippen LogP contribution >= 0.6 is 0 Å². The van der Waals surface area contributed by atoms with Crippen molar-refractivity contribution < 1.29 is 35.9 Å². The molecule has 252 valence electrons. The molecule has 5 rings (SSSR count). The van der Waals surface area contributed by atoms with Crippen LogP contribution in [0, 0.1) is 25.5 Å². The molecule has 0 atom stereocenters.